The SMILES string of the molecule is Cc1ccc(Br)cc1S(=O)(=O)N(C)CC(C)CN. The van der Waals surface area contributed by atoms with Crippen LogP contribution in [0.4, 0.5) is 0 Å². The van der Waals surface area contributed by atoms with Crippen LogP contribution in [-0.2, 0) is 10.0 Å². The van der Waals surface area contributed by atoms with E-state index in [2.05, 4.69) is 15.9 Å². The van der Waals surface area contributed by atoms with Crippen LogP contribution in [0.15, 0.2) is 27.6 Å². The van der Waals surface area contributed by atoms with Crippen molar-refractivity contribution < 1.29 is 8.42 Å². The minimum Gasteiger partial charge on any atom is -0.330 e. The Hall–Kier alpha value is -0.430. The van der Waals surface area contributed by atoms with E-state index in [1.54, 1.807) is 26.1 Å². The quantitative estimate of drug-likeness (QED) is 0.895. The van der Waals surface area contributed by atoms with Gasteiger partial charge in [0, 0.05) is 18.1 Å². The van der Waals surface area contributed by atoms with Gasteiger partial charge in [0.1, 0.15) is 0 Å². The highest BCUT2D eigenvalue weighted by Gasteiger charge is 2.23. The number of hydrogen-bond donors (Lipinski definition) is 1. The zero-order chi connectivity index (χ0) is 13.9. The summed E-state index contributed by atoms with van der Waals surface area (Å²) in [5, 5.41) is 0. The lowest BCUT2D eigenvalue weighted by Crippen LogP contribution is -2.33. The Morgan fingerprint density at radius 1 is 1.44 bits per heavy atom. The molecule has 0 bridgehead atoms. The molecule has 0 aliphatic carbocycles. The predicted octanol–water partition coefficient (Wildman–Crippen LogP) is 1.97. The fraction of sp³-hybridized carbons (Fsp3) is 0.500. The van der Waals surface area contributed by atoms with Gasteiger partial charge in [-0.15, -0.1) is 0 Å². The van der Waals surface area contributed by atoms with E-state index in [4.69, 9.17) is 5.73 Å². The fourth-order valence-corrected chi connectivity index (χ4v) is 3.68. The molecule has 0 amide bonds. The zero-order valence-electron chi connectivity index (χ0n) is 10.9. The van der Waals surface area contributed by atoms with Crippen molar-refractivity contribution >= 4 is 26.0 Å². The van der Waals surface area contributed by atoms with E-state index in [0.717, 1.165) is 10.0 Å². The normalized spacial score (nSPS) is 13.9. The first kappa shape index (κ1) is 15.6. The first-order valence-corrected chi connectivity index (χ1v) is 7.95. The molecule has 0 heterocycles. The summed E-state index contributed by atoms with van der Waals surface area (Å²) in [6.45, 7) is 4.61. The lowest BCUT2D eigenvalue weighted by molar-refractivity contribution is 0.405. The second kappa shape index (κ2) is 6.14. The number of sulfonamides is 1. The minimum absolute atomic E-state index is 0.136. The standard InChI is InChI=1S/C12H19BrN2O2S/c1-9(7-14)8-15(3)18(16,17)12-6-11(13)5-4-10(12)2/h4-6,9H,7-8,14H2,1-3H3. The van der Waals surface area contributed by atoms with Gasteiger partial charge in [0.25, 0.3) is 0 Å². The Morgan fingerprint density at radius 3 is 2.61 bits per heavy atom. The molecule has 0 saturated heterocycles. The number of aryl methyl sites for hydroxylation is 1. The number of nitrogens with two attached hydrogens (primary N) is 1. The van der Waals surface area contributed by atoms with Gasteiger partial charge in [-0.05, 0) is 37.1 Å². The van der Waals surface area contributed by atoms with Crippen LogP contribution < -0.4 is 5.73 Å². The van der Waals surface area contributed by atoms with Gasteiger partial charge in [0.15, 0.2) is 0 Å². The lowest BCUT2D eigenvalue weighted by atomic mass is 10.2. The van der Waals surface area contributed by atoms with Gasteiger partial charge < -0.3 is 5.73 Å². The topological polar surface area (TPSA) is 63.4 Å². The summed E-state index contributed by atoms with van der Waals surface area (Å²) in [7, 11) is -1.86. The fourth-order valence-electron chi connectivity index (χ4n) is 1.63. The van der Waals surface area contributed by atoms with E-state index in [-0.39, 0.29) is 5.92 Å². The highest BCUT2D eigenvalue weighted by molar-refractivity contribution is 9.10. The van der Waals surface area contributed by atoms with Gasteiger partial charge >= 0.3 is 0 Å². The third-order valence-electron chi connectivity index (χ3n) is 2.81. The third-order valence-corrected chi connectivity index (χ3v) is 5.27. The molecule has 0 aliphatic rings. The van der Waals surface area contributed by atoms with E-state index in [1.165, 1.54) is 4.31 Å². The summed E-state index contributed by atoms with van der Waals surface area (Å²) in [5.74, 6) is 0.136. The molecular formula is C12H19BrN2O2S. The molecule has 102 valence electrons. The Labute approximate surface area is 117 Å². The van der Waals surface area contributed by atoms with E-state index in [9.17, 15) is 8.42 Å². The molecule has 0 radical (unpaired) electrons. The maximum Gasteiger partial charge on any atom is 0.243 e. The summed E-state index contributed by atoms with van der Waals surface area (Å²) < 4.78 is 27.0. The van der Waals surface area contributed by atoms with Crippen LogP contribution in [0.5, 0.6) is 0 Å². The molecule has 6 heteroatoms. The van der Waals surface area contributed by atoms with Crippen LogP contribution >= 0.6 is 15.9 Å². The molecule has 0 aliphatic heterocycles. The first-order valence-electron chi connectivity index (χ1n) is 5.71. The summed E-state index contributed by atoms with van der Waals surface area (Å²) in [4.78, 5) is 0.337. The van der Waals surface area contributed by atoms with Gasteiger partial charge in [-0.25, -0.2) is 12.7 Å². The van der Waals surface area contributed by atoms with E-state index in [1.807, 2.05) is 13.0 Å². The van der Waals surface area contributed by atoms with Crippen molar-refractivity contribution in [2.75, 3.05) is 20.1 Å². The molecule has 1 aromatic carbocycles. The lowest BCUT2D eigenvalue weighted by Gasteiger charge is -2.21. The Balaban J connectivity index is 3.09. The molecule has 1 unspecified atom stereocenters. The number of halogens is 1. The zero-order valence-corrected chi connectivity index (χ0v) is 13.3. The second-order valence-electron chi connectivity index (χ2n) is 4.54. The minimum atomic E-state index is -3.45. The molecule has 0 saturated carbocycles. The summed E-state index contributed by atoms with van der Waals surface area (Å²) in [6.07, 6.45) is 0. The number of benzene rings is 1. The number of nitrogens with zero attached hydrogens (tertiary/aromatic N) is 1. The number of hydrogen-bond acceptors (Lipinski definition) is 3. The van der Waals surface area contributed by atoms with Crippen LogP contribution in [0.2, 0.25) is 0 Å². The van der Waals surface area contributed by atoms with Gasteiger partial charge in [0.2, 0.25) is 10.0 Å². The predicted molar refractivity (Wildman–Crippen MR) is 76.9 cm³/mol. The van der Waals surface area contributed by atoms with Crippen molar-refractivity contribution in [1.82, 2.24) is 4.31 Å². The van der Waals surface area contributed by atoms with Crippen molar-refractivity contribution in [2.45, 2.75) is 18.7 Å². The van der Waals surface area contributed by atoms with Crippen LogP contribution in [-0.4, -0.2) is 32.9 Å². The molecule has 0 spiro atoms. The van der Waals surface area contributed by atoms with E-state index < -0.39 is 10.0 Å². The largest absolute Gasteiger partial charge is 0.330 e. The highest BCUT2D eigenvalue weighted by atomic mass is 79.9. The van der Waals surface area contributed by atoms with Gasteiger partial charge in [0.05, 0.1) is 4.90 Å². The maximum absolute atomic E-state index is 12.4. The van der Waals surface area contributed by atoms with Crippen molar-refractivity contribution in [1.29, 1.82) is 0 Å². The molecule has 0 aromatic heterocycles. The first-order chi connectivity index (χ1) is 8.28. The molecule has 18 heavy (non-hydrogen) atoms. The maximum atomic E-state index is 12.4. The molecular weight excluding hydrogens is 316 g/mol. The van der Waals surface area contributed by atoms with E-state index in [0.29, 0.717) is 18.0 Å². The van der Waals surface area contributed by atoms with Crippen LogP contribution in [0.25, 0.3) is 0 Å². The van der Waals surface area contributed by atoms with Crippen molar-refractivity contribution in [3.8, 4) is 0 Å². The molecule has 1 aromatic rings. The van der Waals surface area contributed by atoms with Crippen molar-refractivity contribution in [2.24, 2.45) is 11.7 Å². The summed E-state index contributed by atoms with van der Waals surface area (Å²) in [5.41, 5.74) is 6.27. The highest BCUT2D eigenvalue weighted by Crippen LogP contribution is 2.23. The summed E-state index contributed by atoms with van der Waals surface area (Å²) >= 11 is 3.30. The van der Waals surface area contributed by atoms with Gasteiger partial charge in [-0.2, -0.15) is 0 Å². The molecule has 2 N–H and O–H groups in total. The van der Waals surface area contributed by atoms with Crippen molar-refractivity contribution in [3.05, 3.63) is 28.2 Å². The van der Waals surface area contributed by atoms with Gasteiger partial charge in [-0.1, -0.05) is 28.9 Å². The van der Waals surface area contributed by atoms with Crippen LogP contribution in [0.3, 0.4) is 0 Å². The number of rotatable bonds is 5. The second-order valence-corrected chi connectivity index (χ2v) is 7.47. The average molecular weight is 335 g/mol. The Bertz CT molecular complexity index is 517. The van der Waals surface area contributed by atoms with Crippen LogP contribution in [0.1, 0.15) is 12.5 Å². The molecule has 1 rings (SSSR count). The van der Waals surface area contributed by atoms with E-state index >= 15 is 0 Å². The van der Waals surface area contributed by atoms with Crippen LogP contribution in [0, 0.1) is 12.8 Å². The molecule has 4 nitrogen and oxygen atoms in total. The monoisotopic (exact) mass is 334 g/mol. The summed E-state index contributed by atoms with van der Waals surface area (Å²) in [6, 6.07) is 5.25. The van der Waals surface area contributed by atoms with Gasteiger partial charge in [-0.3, -0.25) is 0 Å². The third kappa shape index (κ3) is 3.54. The Kier molecular flexibility index (Phi) is 5.33. The Morgan fingerprint density at radius 2 is 2.06 bits per heavy atom. The van der Waals surface area contributed by atoms with Crippen molar-refractivity contribution in [3.63, 3.8) is 0 Å². The smallest absolute Gasteiger partial charge is 0.243 e. The molecule has 1 atom stereocenters. The average Bonchev–Trinajstić information content (AvgIpc) is 2.31. The molecule has 0 fully saturated rings.